The van der Waals surface area contributed by atoms with Crippen LogP contribution in [0.25, 0.3) is 10.8 Å². The molecule has 0 saturated heterocycles. The van der Waals surface area contributed by atoms with Gasteiger partial charge in [-0.3, -0.25) is 14.4 Å². The Labute approximate surface area is 209 Å². The van der Waals surface area contributed by atoms with Crippen molar-refractivity contribution in [2.75, 3.05) is 6.54 Å². The summed E-state index contributed by atoms with van der Waals surface area (Å²) >= 11 is 12.3. The number of halogens is 2. The fourth-order valence-corrected chi connectivity index (χ4v) is 5.05. The van der Waals surface area contributed by atoms with Gasteiger partial charge in [0.15, 0.2) is 5.69 Å². The van der Waals surface area contributed by atoms with Gasteiger partial charge in [0.25, 0.3) is 5.91 Å². The molecule has 5 rings (SSSR count). The van der Waals surface area contributed by atoms with Crippen LogP contribution < -0.4 is 5.32 Å². The van der Waals surface area contributed by atoms with Gasteiger partial charge < -0.3 is 5.32 Å². The van der Waals surface area contributed by atoms with Gasteiger partial charge in [-0.1, -0.05) is 71.7 Å². The summed E-state index contributed by atoms with van der Waals surface area (Å²) in [6.45, 7) is 5.58. The maximum absolute atomic E-state index is 13.3. The zero-order valence-electron chi connectivity index (χ0n) is 19.0. The molecule has 1 N–H and O–H groups in total. The van der Waals surface area contributed by atoms with Crippen molar-refractivity contribution in [1.29, 1.82) is 0 Å². The van der Waals surface area contributed by atoms with Crippen molar-refractivity contribution >= 4 is 39.9 Å². The van der Waals surface area contributed by atoms with Gasteiger partial charge in [-0.2, -0.15) is 5.10 Å². The predicted molar refractivity (Wildman–Crippen MR) is 137 cm³/mol. The van der Waals surface area contributed by atoms with Crippen LogP contribution in [0.4, 0.5) is 0 Å². The average Bonchev–Trinajstić information content (AvgIpc) is 3.23. The molecule has 0 saturated carbocycles. The van der Waals surface area contributed by atoms with Gasteiger partial charge in [0, 0.05) is 50.4 Å². The lowest BCUT2D eigenvalue weighted by atomic mass is 10.0. The average molecular weight is 493 g/mol. The summed E-state index contributed by atoms with van der Waals surface area (Å²) in [6, 6.07) is 20.1. The van der Waals surface area contributed by atoms with Crippen molar-refractivity contribution < 1.29 is 4.79 Å². The second-order valence-corrected chi connectivity index (χ2v) is 9.43. The Morgan fingerprint density at radius 2 is 1.88 bits per heavy atom. The lowest BCUT2D eigenvalue weighted by Gasteiger charge is -2.27. The lowest BCUT2D eigenvalue weighted by Crippen LogP contribution is -2.32. The minimum atomic E-state index is -0.132. The standard InChI is InChI=1S/C27H26Cl2N4O/c1-2-33-25-12-13-32(16-18-10-11-23(28)24(29)14-18)17-22(25)26(31-33)27(34)30-15-20-8-5-7-19-6-3-4-9-21(19)20/h3-11,14H,2,12-13,15-17H2,1H3,(H,30,34). The van der Waals surface area contributed by atoms with E-state index in [1.807, 2.05) is 41.1 Å². The first-order valence-corrected chi connectivity index (χ1v) is 12.3. The van der Waals surface area contributed by atoms with Crippen molar-refractivity contribution in [3.63, 3.8) is 0 Å². The van der Waals surface area contributed by atoms with Crippen molar-refractivity contribution in [2.24, 2.45) is 0 Å². The van der Waals surface area contributed by atoms with E-state index in [1.54, 1.807) is 0 Å². The Hall–Kier alpha value is -2.86. The molecule has 0 radical (unpaired) electrons. The van der Waals surface area contributed by atoms with Crippen LogP contribution in [0.2, 0.25) is 10.0 Å². The van der Waals surface area contributed by atoms with Gasteiger partial charge in [0.1, 0.15) is 0 Å². The van der Waals surface area contributed by atoms with Crippen LogP contribution >= 0.6 is 23.2 Å². The normalized spacial score (nSPS) is 13.7. The molecule has 5 nitrogen and oxygen atoms in total. The van der Waals surface area contributed by atoms with Crippen LogP contribution in [0, 0.1) is 0 Å². The highest BCUT2D eigenvalue weighted by Gasteiger charge is 2.28. The number of carbonyl (C=O) groups excluding carboxylic acids is 1. The van der Waals surface area contributed by atoms with Crippen LogP contribution in [0.1, 0.15) is 39.8 Å². The smallest absolute Gasteiger partial charge is 0.272 e. The molecule has 34 heavy (non-hydrogen) atoms. The molecule has 1 aromatic heterocycles. The monoisotopic (exact) mass is 492 g/mol. The molecule has 0 fully saturated rings. The molecule has 0 unspecified atom stereocenters. The number of nitrogens with one attached hydrogen (secondary N) is 1. The van der Waals surface area contributed by atoms with Gasteiger partial charge in [-0.05, 0) is 41.0 Å². The number of amides is 1. The quantitative estimate of drug-likeness (QED) is 0.367. The Bertz CT molecular complexity index is 1360. The second-order valence-electron chi connectivity index (χ2n) is 8.62. The van der Waals surface area contributed by atoms with Gasteiger partial charge in [-0.15, -0.1) is 0 Å². The van der Waals surface area contributed by atoms with Crippen LogP contribution in [-0.2, 0) is 32.6 Å². The highest BCUT2D eigenvalue weighted by molar-refractivity contribution is 6.42. The fraction of sp³-hybridized carbons (Fsp3) is 0.259. The van der Waals surface area contributed by atoms with Gasteiger partial charge in [-0.25, -0.2) is 0 Å². The van der Waals surface area contributed by atoms with E-state index in [-0.39, 0.29) is 5.91 Å². The van der Waals surface area contributed by atoms with E-state index in [0.717, 1.165) is 53.8 Å². The number of aromatic nitrogens is 2. The lowest BCUT2D eigenvalue weighted by molar-refractivity contribution is 0.0943. The van der Waals surface area contributed by atoms with Gasteiger partial charge in [0.05, 0.1) is 10.0 Å². The van der Waals surface area contributed by atoms with E-state index in [0.29, 0.717) is 28.8 Å². The molecule has 0 aliphatic carbocycles. The number of rotatable bonds is 6. The molecule has 1 aliphatic heterocycles. The van der Waals surface area contributed by atoms with E-state index >= 15 is 0 Å². The molecule has 0 bridgehead atoms. The summed E-state index contributed by atoms with van der Waals surface area (Å²) in [5.74, 6) is -0.132. The van der Waals surface area contributed by atoms with Gasteiger partial charge in [0.2, 0.25) is 0 Å². The number of aryl methyl sites for hydroxylation is 1. The Morgan fingerprint density at radius 3 is 2.71 bits per heavy atom. The number of hydrogen-bond acceptors (Lipinski definition) is 3. The summed E-state index contributed by atoms with van der Waals surface area (Å²) in [4.78, 5) is 15.6. The van der Waals surface area contributed by atoms with Crippen LogP contribution in [0.15, 0.2) is 60.7 Å². The summed E-state index contributed by atoms with van der Waals surface area (Å²) < 4.78 is 1.97. The first-order valence-electron chi connectivity index (χ1n) is 11.5. The third-order valence-corrected chi connectivity index (χ3v) is 7.18. The van der Waals surface area contributed by atoms with Gasteiger partial charge >= 0.3 is 0 Å². The molecule has 174 valence electrons. The van der Waals surface area contributed by atoms with Crippen LogP contribution in [0.5, 0.6) is 0 Å². The first kappa shape index (κ1) is 22.9. The number of fused-ring (bicyclic) bond motifs is 2. The Morgan fingerprint density at radius 1 is 1.06 bits per heavy atom. The minimum absolute atomic E-state index is 0.132. The van der Waals surface area contributed by atoms with E-state index in [9.17, 15) is 4.79 Å². The van der Waals surface area contributed by atoms with Crippen LogP contribution in [0.3, 0.4) is 0 Å². The molecular formula is C27H26Cl2N4O. The van der Waals surface area contributed by atoms with E-state index in [1.165, 1.54) is 5.39 Å². The maximum Gasteiger partial charge on any atom is 0.272 e. The number of benzene rings is 3. The summed E-state index contributed by atoms with van der Waals surface area (Å²) in [5.41, 5.74) is 4.89. The molecular weight excluding hydrogens is 467 g/mol. The minimum Gasteiger partial charge on any atom is -0.347 e. The Kier molecular flexibility index (Phi) is 6.59. The molecule has 3 aromatic carbocycles. The second kappa shape index (κ2) is 9.79. The van der Waals surface area contributed by atoms with Crippen LogP contribution in [-0.4, -0.2) is 27.1 Å². The third-order valence-electron chi connectivity index (χ3n) is 6.44. The number of hydrogen-bond donors (Lipinski definition) is 1. The molecule has 7 heteroatoms. The van der Waals surface area contributed by atoms with Crippen molar-refractivity contribution in [1.82, 2.24) is 20.0 Å². The van der Waals surface area contributed by atoms with Crippen molar-refractivity contribution in [2.45, 2.75) is 39.5 Å². The van der Waals surface area contributed by atoms with Crippen molar-refractivity contribution in [3.05, 3.63) is 98.8 Å². The third kappa shape index (κ3) is 4.56. The molecule has 4 aromatic rings. The highest BCUT2D eigenvalue weighted by Crippen LogP contribution is 2.27. The molecule has 0 atom stereocenters. The molecule has 0 spiro atoms. The van der Waals surface area contributed by atoms with E-state index < -0.39 is 0 Å². The summed E-state index contributed by atoms with van der Waals surface area (Å²) in [7, 11) is 0. The summed E-state index contributed by atoms with van der Waals surface area (Å²) in [6.07, 6.45) is 0.855. The number of nitrogens with zero attached hydrogens (tertiary/aromatic N) is 3. The zero-order chi connectivity index (χ0) is 23.7. The van der Waals surface area contributed by atoms with E-state index in [4.69, 9.17) is 28.3 Å². The highest BCUT2D eigenvalue weighted by atomic mass is 35.5. The maximum atomic E-state index is 13.3. The van der Waals surface area contributed by atoms with E-state index in [2.05, 4.69) is 41.4 Å². The predicted octanol–water partition coefficient (Wildman–Crippen LogP) is 5.85. The first-order chi connectivity index (χ1) is 16.5. The topological polar surface area (TPSA) is 50.2 Å². The molecule has 2 heterocycles. The number of carbonyl (C=O) groups is 1. The largest absolute Gasteiger partial charge is 0.347 e. The SMILES string of the molecule is CCn1nc(C(=O)NCc2cccc3ccccc23)c2c1CCN(Cc1ccc(Cl)c(Cl)c1)C2. The Balaban J connectivity index is 1.35. The molecule has 1 amide bonds. The van der Waals surface area contributed by atoms with Crippen molar-refractivity contribution in [3.8, 4) is 0 Å². The molecule has 1 aliphatic rings. The zero-order valence-corrected chi connectivity index (χ0v) is 20.5. The summed E-state index contributed by atoms with van der Waals surface area (Å²) in [5, 5.41) is 11.2. The fourth-order valence-electron chi connectivity index (χ4n) is 4.73.